The first-order valence-corrected chi connectivity index (χ1v) is 7.52. The normalized spacial score (nSPS) is 10.6. The van der Waals surface area contributed by atoms with Gasteiger partial charge in [-0.2, -0.15) is 5.10 Å². The summed E-state index contributed by atoms with van der Waals surface area (Å²) in [5.74, 6) is -0.313. The van der Waals surface area contributed by atoms with E-state index in [9.17, 15) is 9.59 Å². The summed E-state index contributed by atoms with van der Waals surface area (Å²) in [6, 6.07) is 10.8. The van der Waals surface area contributed by atoms with Crippen LogP contribution < -0.4 is 10.9 Å². The Labute approximate surface area is 127 Å². The molecule has 2 aromatic rings. The Morgan fingerprint density at radius 3 is 2.52 bits per heavy atom. The zero-order valence-electron chi connectivity index (χ0n) is 11.9. The van der Waals surface area contributed by atoms with Crippen molar-refractivity contribution < 1.29 is 4.79 Å². The largest absolute Gasteiger partial charge is 0.347 e. The first kappa shape index (κ1) is 15.3. The number of nitrogens with zero attached hydrogens (tertiary/aromatic N) is 1. The third-order valence-corrected chi connectivity index (χ3v) is 3.68. The van der Waals surface area contributed by atoms with Crippen LogP contribution in [0.15, 0.2) is 46.1 Å². The summed E-state index contributed by atoms with van der Waals surface area (Å²) in [6.07, 6.45) is 0. The lowest BCUT2D eigenvalue weighted by Crippen LogP contribution is -2.25. The molecule has 0 aliphatic rings. The number of thioether (sulfide) groups is 1. The van der Waals surface area contributed by atoms with Crippen LogP contribution >= 0.6 is 11.8 Å². The minimum Gasteiger partial charge on any atom is -0.347 e. The quantitative estimate of drug-likeness (QED) is 0.830. The summed E-state index contributed by atoms with van der Waals surface area (Å²) >= 11 is 1.80. The van der Waals surface area contributed by atoms with Crippen molar-refractivity contribution in [3.63, 3.8) is 0 Å². The molecule has 1 heterocycles. The van der Waals surface area contributed by atoms with Crippen molar-refractivity contribution >= 4 is 17.7 Å². The van der Waals surface area contributed by atoms with Crippen LogP contribution in [0.4, 0.5) is 0 Å². The number of H-pyrrole nitrogens is 1. The van der Waals surface area contributed by atoms with Gasteiger partial charge in [0, 0.05) is 22.8 Å². The molecule has 0 unspecified atom stereocenters. The van der Waals surface area contributed by atoms with Gasteiger partial charge in [-0.15, -0.1) is 11.8 Å². The zero-order valence-corrected chi connectivity index (χ0v) is 12.7. The van der Waals surface area contributed by atoms with Gasteiger partial charge in [0.25, 0.3) is 11.5 Å². The van der Waals surface area contributed by atoms with E-state index >= 15 is 0 Å². The molecule has 1 aromatic heterocycles. The van der Waals surface area contributed by atoms with Crippen molar-refractivity contribution in [2.24, 2.45) is 0 Å². The van der Waals surface area contributed by atoms with E-state index in [1.165, 1.54) is 17.0 Å². The van der Waals surface area contributed by atoms with Crippen LogP contribution in [-0.2, 0) is 6.54 Å². The molecular formula is C15H17N3O2S. The molecular weight excluding hydrogens is 286 g/mol. The SMILES string of the molecule is CC(C)Sc1ccc(CNC(=O)c2ccc(=O)[nH]n2)cc1. The Hall–Kier alpha value is -2.08. The highest BCUT2D eigenvalue weighted by molar-refractivity contribution is 7.99. The number of aromatic nitrogens is 2. The van der Waals surface area contributed by atoms with Crippen LogP contribution in [0.5, 0.6) is 0 Å². The molecule has 1 amide bonds. The highest BCUT2D eigenvalue weighted by Gasteiger charge is 2.07. The van der Waals surface area contributed by atoms with Crippen LogP contribution in [0.25, 0.3) is 0 Å². The number of hydrogen-bond donors (Lipinski definition) is 2. The lowest BCUT2D eigenvalue weighted by atomic mass is 10.2. The van der Waals surface area contributed by atoms with Crippen molar-refractivity contribution in [3.8, 4) is 0 Å². The molecule has 2 N–H and O–H groups in total. The van der Waals surface area contributed by atoms with E-state index in [-0.39, 0.29) is 17.2 Å². The fourth-order valence-corrected chi connectivity index (χ4v) is 2.54. The molecule has 0 atom stereocenters. The van der Waals surface area contributed by atoms with Crippen molar-refractivity contribution in [3.05, 3.63) is 58.0 Å². The number of nitrogens with one attached hydrogen (secondary N) is 2. The van der Waals surface area contributed by atoms with Crippen LogP contribution in [-0.4, -0.2) is 21.4 Å². The Morgan fingerprint density at radius 2 is 1.95 bits per heavy atom. The molecule has 0 bridgehead atoms. The van der Waals surface area contributed by atoms with E-state index in [4.69, 9.17) is 0 Å². The lowest BCUT2D eigenvalue weighted by molar-refractivity contribution is 0.0945. The predicted molar refractivity (Wildman–Crippen MR) is 83.5 cm³/mol. The molecule has 0 aliphatic carbocycles. The van der Waals surface area contributed by atoms with E-state index in [0.717, 1.165) is 5.56 Å². The van der Waals surface area contributed by atoms with Crippen molar-refractivity contribution in [1.82, 2.24) is 15.5 Å². The number of carbonyl (C=O) groups is 1. The zero-order chi connectivity index (χ0) is 15.2. The average Bonchev–Trinajstić information content (AvgIpc) is 2.46. The maximum atomic E-state index is 11.8. The molecule has 0 aliphatic heterocycles. The highest BCUT2D eigenvalue weighted by atomic mass is 32.2. The Bertz CT molecular complexity index is 645. The van der Waals surface area contributed by atoms with Crippen LogP contribution in [0, 0.1) is 0 Å². The fraction of sp³-hybridized carbons (Fsp3) is 0.267. The van der Waals surface area contributed by atoms with Gasteiger partial charge in [-0.05, 0) is 23.8 Å². The number of amides is 1. The van der Waals surface area contributed by atoms with Crippen LogP contribution in [0.3, 0.4) is 0 Å². The summed E-state index contributed by atoms with van der Waals surface area (Å²) in [7, 11) is 0. The fourth-order valence-electron chi connectivity index (χ4n) is 1.70. The molecule has 0 fully saturated rings. The number of carbonyl (C=O) groups excluding carboxylic acids is 1. The molecule has 2 rings (SSSR count). The maximum Gasteiger partial charge on any atom is 0.271 e. The number of aromatic amines is 1. The number of rotatable bonds is 5. The van der Waals surface area contributed by atoms with E-state index < -0.39 is 0 Å². The molecule has 0 saturated carbocycles. The van der Waals surface area contributed by atoms with Crippen molar-refractivity contribution in [1.29, 1.82) is 0 Å². The van der Waals surface area contributed by atoms with Gasteiger partial charge < -0.3 is 5.32 Å². The summed E-state index contributed by atoms with van der Waals surface area (Å²) < 4.78 is 0. The summed E-state index contributed by atoms with van der Waals surface area (Å²) in [6.45, 7) is 4.72. The molecule has 0 radical (unpaired) electrons. The van der Waals surface area contributed by atoms with Gasteiger partial charge in [-0.25, -0.2) is 5.10 Å². The van der Waals surface area contributed by atoms with Gasteiger partial charge in [-0.3, -0.25) is 9.59 Å². The van der Waals surface area contributed by atoms with Crippen LogP contribution in [0.2, 0.25) is 0 Å². The van der Waals surface area contributed by atoms with Gasteiger partial charge >= 0.3 is 0 Å². The second kappa shape index (κ2) is 7.08. The van der Waals surface area contributed by atoms with E-state index in [0.29, 0.717) is 11.8 Å². The molecule has 6 heteroatoms. The molecule has 21 heavy (non-hydrogen) atoms. The standard InChI is InChI=1S/C15H17N3O2S/c1-10(2)21-12-5-3-11(4-6-12)9-16-15(20)13-7-8-14(19)18-17-13/h3-8,10H,9H2,1-2H3,(H,16,20)(H,18,19). The van der Waals surface area contributed by atoms with Crippen molar-refractivity contribution in [2.45, 2.75) is 30.5 Å². The second-order valence-electron chi connectivity index (χ2n) is 4.80. The third kappa shape index (κ3) is 4.75. The molecule has 1 aromatic carbocycles. The molecule has 0 saturated heterocycles. The second-order valence-corrected chi connectivity index (χ2v) is 6.45. The van der Waals surface area contributed by atoms with Gasteiger partial charge in [0.15, 0.2) is 0 Å². The molecule has 5 nitrogen and oxygen atoms in total. The Kier molecular flexibility index (Phi) is 5.16. The van der Waals surface area contributed by atoms with E-state index in [1.54, 1.807) is 11.8 Å². The number of benzene rings is 1. The topological polar surface area (TPSA) is 74.8 Å². The first-order valence-electron chi connectivity index (χ1n) is 6.64. The van der Waals surface area contributed by atoms with Crippen LogP contribution in [0.1, 0.15) is 29.9 Å². The monoisotopic (exact) mass is 303 g/mol. The van der Waals surface area contributed by atoms with E-state index in [1.807, 2.05) is 24.3 Å². The smallest absolute Gasteiger partial charge is 0.271 e. The summed E-state index contributed by atoms with van der Waals surface area (Å²) in [5.41, 5.74) is 0.882. The Balaban J connectivity index is 1.92. The van der Waals surface area contributed by atoms with Gasteiger partial charge in [0.05, 0.1) is 0 Å². The lowest BCUT2D eigenvalue weighted by Gasteiger charge is -2.07. The van der Waals surface area contributed by atoms with Gasteiger partial charge in [0.2, 0.25) is 0 Å². The first-order chi connectivity index (χ1) is 10.0. The van der Waals surface area contributed by atoms with E-state index in [2.05, 4.69) is 29.4 Å². The molecule has 0 spiro atoms. The summed E-state index contributed by atoms with van der Waals surface area (Å²) in [5, 5.41) is 9.23. The number of hydrogen-bond acceptors (Lipinski definition) is 4. The highest BCUT2D eigenvalue weighted by Crippen LogP contribution is 2.22. The average molecular weight is 303 g/mol. The Morgan fingerprint density at radius 1 is 1.24 bits per heavy atom. The minimum absolute atomic E-state index is 0.196. The maximum absolute atomic E-state index is 11.8. The van der Waals surface area contributed by atoms with Gasteiger partial charge in [0.1, 0.15) is 5.69 Å². The minimum atomic E-state index is -0.329. The van der Waals surface area contributed by atoms with Gasteiger partial charge in [-0.1, -0.05) is 26.0 Å². The third-order valence-electron chi connectivity index (χ3n) is 2.66. The van der Waals surface area contributed by atoms with Crippen molar-refractivity contribution in [2.75, 3.05) is 0 Å². The predicted octanol–water partition coefficient (Wildman–Crippen LogP) is 2.20. The molecule has 110 valence electrons. The summed E-state index contributed by atoms with van der Waals surface area (Å²) in [4.78, 5) is 23.9.